The van der Waals surface area contributed by atoms with E-state index in [-0.39, 0.29) is 0 Å². The zero-order valence-corrected chi connectivity index (χ0v) is 14.9. The number of anilines is 1. The summed E-state index contributed by atoms with van der Waals surface area (Å²) in [6.07, 6.45) is 9.81. The van der Waals surface area contributed by atoms with Gasteiger partial charge in [-0.05, 0) is 56.0 Å². The van der Waals surface area contributed by atoms with Gasteiger partial charge in [0.1, 0.15) is 0 Å². The second-order valence-corrected chi connectivity index (χ2v) is 7.14. The summed E-state index contributed by atoms with van der Waals surface area (Å²) in [5.74, 6) is 0.654. The van der Waals surface area contributed by atoms with E-state index in [1.165, 1.54) is 0 Å². The van der Waals surface area contributed by atoms with Gasteiger partial charge in [0.25, 0.3) is 0 Å². The van der Waals surface area contributed by atoms with E-state index in [0.717, 1.165) is 53.5 Å². The van der Waals surface area contributed by atoms with Crippen LogP contribution >= 0.6 is 0 Å². The van der Waals surface area contributed by atoms with Gasteiger partial charge in [0.2, 0.25) is 5.95 Å². The molecule has 1 aliphatic rings. The summed E-state index contributed by atoms with van der Waals surface area (Å²) in [4.78, 5) is 13.6. The molecule has 0 atom stereocenters. The van der Waals surface area contributed by atoms with E-state index in [1.807, 2.05) is 47.2 Å². The molecular weight excluding hydrogens is 338 g/mol. The molecule has 0 unspecified atom stereocenters. The van der Waals surface area contributed by atoms with Crippen molar-refractivity contribution in [2.45, 2.75) is 37.8 Å². The van der Waals surface area contributed by atoms with Crippen LogP contribution in [0.5, 0.6) is 0 Å². The van der Waals surface area contributed by atoms with E-state index in [1.54, 1.807) is 6.20 Å². The fourth-order valence-corrected chi connectivity index (χ4v) is 3.74. The van der Waals surface area contributed by atoms with Gasteiger partial charge in [-0.1, -0.05) is 0 Å². The average Bonchev–Trinajstić information content (AvgIpc) is 3.12. The van der Waals surface area contributed by atoms with Crippen molar-refractivity contribution < 1.29 is 0 Å². The van der Waals surface area contributed by atoms with Crippen LogP contribution in [0, 0.1) is 0 Å². The Balaban J connectivity index is 1.44. The van der Waals surface area contributed by atoms with Crippen LogP contribution in [0.1, 0.15) is 25.7 Å². The van der Waals surface area contributed by atoms with Gasteiger partial charge >= 0.3 is 0 Å². The van der Waals surface area contributed by atoms with Gasteiger partial charge < -0.3 is 11.1 Å². The standard InChI is InChI=1S/C20H21N7/c21-13-3-5-14(6-4-13)24-20-23-12-19-15(9-11-27(19)26-20)16-7-8-17-18(25-16)2-1-10-22-17/h1-2,7-14H,3-6,21H2,(H,24,26)/t13-,14-. The zero-order chi connectivity index (χ0) is 18.2. The molecule has 7 nitrogen and oxygen atoms in total. The molecule has 1 aliphatic carbocycles. The lowest BCUT2D eigenvalue weighted by atomic mass is 9.92. The van der Waals surface area contributed by atoms with Crippen LogP contribution in [0.25, 0.3) is 27.8 Å². The third-order valence-corrected chi connectivity index (χ3v) is 5.25. The van der Waals surface area contributed by atoms with Gasteiger partial charge in [-0.25, -0.2) is 14.5 Å². The molecule has 0 aliphatic heterocycles. The number of aromatic nitrogens is 5. The highest BCUT2D eigenvalue weighted by Gasteiger charge is 2.19. The molecular formula is C20H21N7. The van der Waals surface area contributed by atoms with Crippen molar-refractivity contribution in [3.05, 3.63) is 48.9 Å². The van der Waals surface area contributed by atoms with E-state index in [0.29, 0.717) is 18.0 Å². The number of hydrogen-bond acceptors (Lipinski definition) is 6. The number of nitrogens with two attached hydrogens (primary N) is 1. The molecule has 4 aromatic rings. The predicted molar refractivity (Wildman–Crippen MR) is 105 cm³/mol. The molecule has 4 aromatic heterocycles. The second kappa shape index (κ2) is 6.59. The highest BCUT2D eigenvalue weighted by Crippen LogP contribution is 2.26. The molecule has 0 saturated heterocycles. The SMILES string of the molecule is N[C@H]1CC[C@H](Nc2ncc3c(-c4ccc5ncccc5n4)ccn3n2)CC1. The van der Waals surface area contributed by atoms with Crippen LogP contribution in [0.3, 0.4) is 0 Å². The maximum absolute atomic E-state index is 5.98. The highest BCUT2D eigenvalue weighted by molar-refractivity contribution is 5.83. The Bertz CT molecular complexity index is 1100. The largest absolute Gasteiger partial charge is 0.350 e. The lowest BCUT2D eigenvalue weighted by Crippen LogP contribution is -2.33. The van der Waals surface area contributed by atoms with Gasteiger partial charge in [-0.2, -0.15) is 0 Å². The van der Waals surface area contributed by atoms with E-state index < -0.39 is 0 Å². The lowest BCUT2D eigenvalue weighted by molar-refractivity contribution is 0.409. The van der Waals surface area contributed by atoms with E-state index in [4.69, 9.17) is 10.7 Å². The highest BCUT2D eigenvalue weighted by atomic mass is 15.3. The Morgan fingerprint density at radius 2 is 1.89 bits per heavy atom. The second-order valence-electron chi connectivity index (χ2n) is 7.14. The van der Waals surface area contributed by atoms with Gasteiger partial charge in [0, 0.05) is 30.0 Å². The molecule has 1 fully saturated rings. The average molecular weight is 359 g/mol. The Labute approximate surface area is 156 Å². The zero-order valence-electron chi connectivity index (χ0n) is 14.9. The van der Waals surface area contributed by atoms with Crippen LogP contribution in [0.4, 0.5) is 5.95 Å². The van der Waals surface area contributed by atoms with Crippen molar-refractivity contribution in [3.8, 4) is 11.3 Å². The molecule has 7 heteroatoms. The molecule has 0 bridgehead atoms. The fourth-order valence-electron chi connectivity index (χ4n) is 3.74. The molecule has 3 N–H and O–H groups in total. The normalized spacial score (nSPS) is 20.2. The number of rotatable bonds is 3. The molecule has 0 amide bonds. The molecule has 5 rings (SSSR count). The molecule has 0 radical (unpaired) electrons. The van der Waals surface area contributed by atoms with Crippen LogP contribution in [0.2, 0.25) is 0 Å². The first-order valence-corrected chi connectivity index (χ1v) is 9.35. The van der Waals surface area contributed by atoms with Gasteiger partial charge in [0.05, 0.1) is 28.4 Å². The third kappa shape index (κ3) is 3.10. The summed E-state index contributed by atoms with van der Waals surface area (Å²) in [5.41, 5.74) is 10.6. The number of nitrogens with zero attached hydrogens (tertiary/aromatic N) is 5. The van der Waals surface area contributed by atoms with Crippen LogP contribution < -0.4 is 11.1 Å². The van der Waals surface area contributed by atoms with Crippen molar-refractivity contribution in [1.29, 1.82) is 0 Å². The molecule has 4 heterocycles. The van der Waals surface area contributed by atoms with Crippen LogP contribution in [0.15, 0.2) is 48.9 Å². The van der Waals surface area contributed by atoms with Crippen molar-refractivity contribution in [2.24, 2.45) is 5.73 Å². The van der Waals surface area contributed by atoms with Crippen molar-refractivity contribution in [2.75, 3.05) is 5.32 Å². The molecule has 0 aromatic carbocycles. The van der Waals surface area contributed by atoms with Crippen molar-refractivity contribution >= 4 is 22.5 Å². The molecule has 0 spiro atoms. The summed E-state index contributed by atoms with van der Waals surface area (Å²) in [6.45, 7) is 0. The topological polar surface area (TPSA) is 94.0 Å². The van der Waals surface area contributed by atoms with Gasteiger partial charge in [-0.15, -0.1) is 5.10 Å². The van der Waals surface area contributed by atoms with Gasteiger partial charge in [0.15, 0.2) is 0 Å². The van der Waals surface area contributed by atoms with E-state index in [9.17, 15) is 0 Å². The van der Waals surface area contributed by atoms with E-state index >= 15 is 0 Å². The molecule has 27 heavy (non-hydrogen) atoms. The maximum atomic E-state index is 5.98. The summed E-state index contributed by atoms with van der Waals surface area (Å²) in [6, 6.07) is 10.6. The first-order valence-electron chi connectivity index (χ1n) is 9.35. The number of hydrogen-bond donors (Lipinski definition) is 2. The summed E-state index contributed by atoms with van der Waals surface area (Å²) < 4.78 is 1.86. The Morgan fingerprint density at radius 1 is 1.00 bits per heavy atom. The Kier molecular flexibility index (Phi) is 3.94. The predicted octanol–water partition coefficient (Wildman–Crippen LogP) is 3.02. The minimum absolute atomic E-state index is 0.336. The van der Waals surface area contributed by atoms with E-state index in [2.05, 4.69) is 20.4 Å². The van der Waals surface area contributed by atoms with Crippen molar-refractivity contribution in [3.63, 3.8) is 0 Å². The summed E-state index contributed by atoms with van der Waals surface area (Å²) in [7, 11) is 0. The van der Waals surface area contributed by atoms with Crippen LogP contribution in [-0.4, -0.2) is 36.6 Å². The Morgan fingerprint density at radius 3 is 2.78 bits per heavy atom. The Hall–Kier alpha value is -3.06. The lowest BCUT2D eigenvalue weighted by Gasteiger charge is -2.26. The molecule has 136 valence electrons. The quantitative estimate of drug-likeness (QED) is 0.584. The first-order chi connectivity index (χ1) is 13.3. The van der Waals surface area contributed by atoms with Crippen molar-refractivity contribution in [1.82, 2.24) is 24.6 Å². The minimum atomic E-state index is 0.336. The number of pyridine rings is 2. The fraction of sp³-hybridized carbons (Fsp3) is 0.300. The van der Waals surface area contributed by atoms with Gasteiger partial charge in [-0.3, -0.25) is 4.98 Å². The number of fused-ring (bicyclic) bond motifs is 2. The third-order valence-electron chi connectivity index (χ3n) is 5.25. The monoisotopic (exact) mass is 359 g/mol. The molecule has 1 saturated carbocycles. The summed E-state index contributed by atoms with van der Waals surface area (Å²) >= 11 is 0. The maximum Gasteiger partial charge on any atom is 0.241 e. The van der Waals surface area contributed by atoms with Crippen LogP contribution in [-0.2, 0) is 0 Å². The first kappa shape index (κ1) is 16.1. The smallest absolute Gasteiger partial charge is 0.241 e. The minimum Gasteiger partial charge on any atom is -0.350 e. The summed E-state index contributed by atoms with van der Waals surface area (Å²) in [5, 5.41) is 8.06. The number of nitrogens with one attached hydrogen (secondary N) is 1.